The number of rotatable bonds is 2. The number of hydrogen-bond acceptors (Lipinski definition) is 6. The first-order chi connectivity index (χ1) is 9.41. The van der Waals surface area contributed by atoms with Gasteiger partial charge in [-0.05, 0) is 0 Å². The zero-order valence-corrected chi connectivity index (χ0v) is 14.0. The van der Waals surface area contributed by atoms with Crippen LogP contribution in [0, 0.1) is 0 Å². The van der Waals surface area contributed by atoms with Gasteiger partial charge in [0.05, 0.1) is 0 Å². The van der Waals surface area contributed by atoms with Crippen LogP contribution >= 0.6 is 0 Å². The summed E-state index contributed by atoms with van der Waals surface area (Å²) in [7, 11) is 0. The van der Waals surface area contributed by atoms with Crippen LogP contribution < -0.4 is 11.2 Å². The van der Waals surface area contributed by atoms with E-state index in [4.69, 9.17) is 10.9 Å². The maximum atomic E-state index is 11.9. The van der Waals surface area contributed by atoms with Crippen LogP contribution in [0.5, 0.6) is 0 Å². The quantitative estimate of drug-likeness (QED) is 0.622. The normalized spacial score (nSPS) is 35.1. The van der Waals surface area contributed by atoms with Crippen LogP contribution in [0.15, 0.2) is 21.9 Å². The molecule has 20 heavy (non-hydrogen) atoms. The van der Waals surface area contributed by atoms with Crippen molar-refractivity contribution in [2.75, 3.05) is 6.61 Å². The van der Waals surface area contributed by atoms with E-state index in [9.17, 15) is 14.7 Å². The molecule has 8 nitrogen and oxygen atoms in total. The third-order valence-electron chi connectivity index (χ3n) is 3.43. The van der Waals surface area contributed by atoms with Gasteiger partial charge in [0, 0.05) is 0 Å². The molecule has 2 saturated heterocycles. The second kappa shape index (κ2) is 4.95. The van der Waals surface area contributed by atoms with Crippen LogP contribution in [-0.2, 0) is 10.9 Å². The standard InChI is InChI=1S/C9H10N2O6.2CH3.Sn/c12-3-4-6(14)7(15)8(17-4)11-2-1-5(13)10-9(11)16;;;/h1-2,4,6-8,12H,3H2,(H,10,13,16);2*1H3;/q-2;;;+2/t4-,6+,7-,8+;;;/m0.../s1. The summed E-state index contributed by atoms with van der Waals surface area (Å²) in [4.78, 5) is 29.1. The van der Waals surface area contributed by atoms with Crippen molar-refractivity contribution in [1.29, 1.82) is 0 Å². The second-order valence-corrected chi connectivity index (χ2v) is 14.7. The van der Waals surface area contributed by atoms with Crippen LogP contribution in [0.4, 0.5) is 0 Å². The first-order valence-electron chi connectivity index (χ1n) is 6.35. The van der Waals surface area contributed by atoms with E-state index in [1.807, 2.05) is 9.88 Å². The molecule has 0 aliphatic carbocycles. The minimum atomic E-state index is -3.03. The van der Waals surface area contributed by atoms with Gasteiger partial charge in [-0.3, -0.25) is 0 Å². The Morgan fingerprint density at radius 2 is 2.05 bits per heavy atom. The average molecular weight is 391 g/mol. The predicted molar refractivity (Wildman–Crippen MR) is 69.5 cm³/mol. The molecule has 2 N–H and O–H groups in total. The Morgan fingerprint density at radius 1 is 1.35 bits per heavy atom. The Bertz CT molecular complexity index is 626. The molecular weight excluding hydrogens is 375 g/mol. The number of H-pyrrole nitrogens is 1. The molecule has 110 valence electrons. The van der Waals surface area contributed by atoms with E-state index in [1.54, 1.807) is 0 Å². The van der Waals surface area contributed by atoms with Gasteiger partial charge in [0.15, 0.2) is 0 Å². The number of nitrogens with one attached hydrogen (secondary N) is 1. The van der Waals surface area contributed by atoms with E-state index in [0.717, 1.165) is 0 Å². The summed E-state index contributed by atoms with van der Waals surface area (Å²) in [5.41, 5.74) is -1.04. The third kappa shape index (κ3) is 2.35. The summed E-state index contributed by atoms with van der Waals surface area (Å²) in [6, 6.07) is 1.25. The molecule has 1 aromatic rings. The van der Waals surface area contributed by atoms with Gasteiger partial charge in [0.25, 0.3) is 0 Å². The second-order valence-electron chi connectivity index (χ2n) is 5.33. The minimum absolute atomic E-state index is 0.207. The van der Waals surface area contributed by atoms with E-state index in [2.05, 4.69) is 4.98 Å². The molecule has 0 bridgehead atoms. The number of aliphatic hydroxyl groups excluding tert-OH is 1. The summed E-state index contributed by atoms with van der Waals surface area (Å²) < 4.78 is 18.8. The number of ether oxygens (including phenoxy) is 1. The van der Waals surface area contributed by atoms with Gasteiger partial charge in [-0.1, -0.05) is 0 Å². The summed E-state index contributed by atoms with van der Waals surface area (Å²) >= 11 is -3.03. The Balaban J connectivity index is 1.98. The SMILES string of the molecule is [CH3][Sn]1([CH3])[O][C@H]2[C@H]([O]1)[C@H](n1ccc(=O)[nH]c1=O)O[C@H]2CO. The van der Waals surface area contributed by atoms with Gasteiger partial charge in [0.2, 0.25) is 0 Å². The molecule has 9 heteroatoms. The van der Waals surface area contributed by atoms with Gasteiger partial charge >= 0.3 is 119 Å². The van der Waals surface area contributed by atoms with Crippen LogP contribution in [0.25, 0.3) is 0 Å². The van der Waals surface area contributed by atoms with Crippen molar-refractivity contribution < 1.29 is 16.0 Å². The zero-order chi connectivity index (χ0) is 14.5. The van der Waals surface area contributed by atoms with E-state index in [0.29, 0.717) is 0 Å². The molecule has 2 fully saturated rings. The average Bonchev–Trinajstić information content (AvgIpc) is 2.83. The van der Waals surface area contributed by atoms with Crippen molar-refractivity contribution in [3.05, 3.63) is 33.1 Å². The molecule has 0 radical (unpaired) electrons. The van der Waals surface area contributed by atoms with E-state index >= 15 is 0 Å². The number of aliphatic hydroxyl groups is 1. The Morgan fingerprint density at radius 3 is 2.70 bits per heavy atom. The van der Waals surface area contributed by atoms with Crippen LogP contribution in [0.1, 0.15) is 6.23 Å². The maximum absolute atomic E-state index is 11.9. The third-order valence-corrected chi connectivity index (χ3v) is 8.22. The molecule has 3 rings (SSSR count). The number of fused-ring (bicyclic) bond motifs is 1. The van der Waals surface area contributed by atoms with Gasteiger partial charge in [-0.2, -0.15) is 0 Å². The fourth-order valence-corrected chi connectivity index (χ4v) is 8.09. The van der Waals surface area contributed by atoms with Gasteiger partial charge < -0.3 is 0 Å². The van der Waals surface area contributed by atoms with Crippen molar-refractivity contribution in [3.8, 4) is 0 Å². The molecule has 0 aromatic carbocycles. The van der Waals surface area contributed by atoms with Gasteiger partial charge in [-0.25, -0.2) is 0 Å². The number of hydrogen-bond donors (Lipinski definition) is 2. The molecule has 0 unspecified atom stereocenters. The molecule has 0 saturated carbocycles. The molecule has 1 aromatic heterocycles. The van der Waals surface area contributed by atoms with Crippen molar-refractivity contribution in [2.24, 2.45) is 0 Å². The number of aromatic nitrogens is 2. The Kier molecular flexibility index (Phi) is 3.53. The summed E-state index contributed by atoms with van der Waals surface area (Å²) in [6.07, 6.45) is -0.647. The molecular formula is C11H16N2O6Sn. The van der Waals surface area contributed by atoms with Crippen molar-refractivity contribution in [2.45, 2.75) is 34.4 Å². The van der Waals surface area contributed by atoms with E-state index in [1.165, 1.54) is 16.8 Å². The van der Waals surface area contributed by atoms with Crippen LogP contribution in [0.3, 0.4) is 0 Å². The number of aromatic amines is 1. The van der Waals surface area contributed by atoms with Crippen molar-refractivity contribution in [3.63, 3.8) is 0 Å². The number of nitrogens with zero attached hydrogens (tertiary/aromatic N) is 1. The summed E-state index contributed by atoms with van der Waals surface area (Å²) in [5, 5.41) is 9.38. The van der Waals surface area contributed by atoms with Gasteiger partial charge in [0.1, 0.15) is 0 Å². The molecule has 4 atom stereocenters. The Labute approximate surface area is 119 Å². The Hall–Kier alpha value is -0.681. The molecule has 2 aliphatic rings. The zero-order valence-electron chi connectivity index (χ0n) is 11.1. The molecule has 0 spiro atoms. The van der Waals surface area contributed by atoms with Crippen molar-refractivity contribution in [1.82, 2.24) is 9.55 Å². The first kappa shape index (κ1) is 14.3. The van der Waals surface area contributed by atoms with E-state index in [-0.39, 0.29) is 12.7 Å². The fraction of sp³-hybridized carbons (Fsp3) is 0.636. The topological polar surface area (TPSA) is 103 Å². The summed E-state index contributed by atoms with van der Waals surface area (Å²) in [5.74, 6) is 0. The monoisotopic (exact) mass is 392 g/mol. The first-order valence-corrected chi connectivity index (χ1v) is 14.4. The fourth-order valence-electron chi connectivity index (χ4n) is 2.66. The molecule has 2 aliphatic heterocycles. The van der Waals surface area contributed by atoms with Crippen LogP contribution in [-0.4, -0.2) is 58.8 Å². The van der Waals surface area contributed by atoms with E-state index < -0.39 is 48.9 Å². The van der Waals surface area contributed by atoms with Gasteiger partial charge in [-0.15, -0.1) is 0 Å². The molecule has 3 heterocycles. The van der Waals surface area contributed by atoms with Crippen molar-refractivity contribution >= 4 is 19.2 Å². The molecule has 0 amide bonds. The van der Waals surface area contributed by atoms with Crippen LogP contribution in [0.2, 0.25) is 9.88 Å². The summed E-state index contributed by atoms with van der Waals surface area (Å²) in [6.45, 7) is -0.207. The predicted octanol–water partition coefficient (Wildman–Crippen LogP) is -1.09.